The molecule has 0 spiro atoms. The molecule has 0 bridgehead atoms. The van der Waals surface area contributed by atoms with Crippen LogP contribution in [0.2, 0.25) is 0 Å². The zero-order chi connectivity index (χ0) is 17.9. The lowest BCUT2D eigenvalue weighted by atomic mass is 10.2. The summed E-state index contributed by atoms with van der Waals surface area (Å²) in [4.78, 5) is 14.7. The highest BCUT2D eigenvalue weighted by Gasteiger charge is 2.16. The molecule has 4 aromatic rings. The van der Waals surface area contributed by atoms with E-state index in [0.29, 0.717) is 28.2 Å². The SMILES string of the molecule is Fc1cccc(N(Cc2ccccc2F)c2ncc3ncccc3n2)c1. The summed E-state index contributed by atoms with van der Waals surface area (Å²) in [6.45, 7) is 0.169. The minimum atomic E-state index is -0.386. The van der Waals surface area contributed by atoms with E-state index in [0.717, 1.165) is 0 Å². The van der Waals surface area contributed by atoms with Crippen molar-refractivity contribution in [2.45, 2.75) is 6.54 Å². The van der Waals surface area contributed by atoms with Gasteiger partial charge in [-0.05, 0) is 36.4 Å². The molecule has 0 aliphatic carbocycles. The number of hydrogen-bond donors (Lipinski definition) is 0. The lowest BCUT2D eigenvalue weighted by Gasteiger charge is -2.23. The molecule has 0 unspecified atom stereocenters. The quantitative estimate of drug-likeness (QED) is 0.539. The molecule has 0 aliphatic heterocycles. The highest BCUT2D eigenvalue weighted by Crippen LogP contribution is 2.27. The van der Waals surface area contributed by atoms with E-state index >= 15 is 0 Å². The van der Waals surface area contributed by atoms with Crippen molar-refractivity contribution in [3.8, 4) is 0 Å². The standard InChI is InChI=1S/C20H14F2N4/c21-15-6-3-7-16(11-15)26(13-14-5-1-2-8-17(14)22)20-24-12-19-18(25-20)9-4-10-23-19/h1-12H,13H2. The number of halogens is 2. The monoisotopic (exact) mass is 348 g/mol. The molecule has 2 aromatic carbocycles. The van der Waals surface area contributed by atoms with Gasteiger partial charge in [0.25, 0.3) is 0 Å². The second kappa shape index (κ2) is 6.84. The molecule has 2 aromatic heterocycles. The van der Waals surface area contributed by atoms with Gasteiger partial charge in [-0.25, -0.2) is 18.7 Å². The van der Waals surface area contributed by atoms with E-state index in [2.05, 4.69) is 15.0 Å². The van der Waals surface area contributed by atoms with E-state index in [1.54, 1.807) is 53.7 Å². The van der Waals surface area contributed by atoms with Crippen LogP contribution in [-0.2, 0) is 6.54 Å². The van der Waals surface area contributed by atoms with Gasteiger partial charge in [-0.2, -0.15) is 0 Å². The Hall–Kier alpha value is -3.41. The molecule has 0 atom stereocenters. The third-order valence-corrected chi connectivity index (χ3v) is 3.99. The van der Waals surface area contributed by atoms with Gasteiger partial charge < -0.3 is 4.90 Å². The van der Waals surface area contributed by atoms with Crippen LogP contribution in [0.4, 0.5) is 20.4 Å². The summed E-state index contributed by atoms with van der Waals surface area (Å²) < 4.78 is 27.9. The van der Waals surface area contributed by atoms with Crippen LogP contribution in [0.1, 0.15) is 5.56 Å². The maximum atomic E-state index is 14.2. The van der Waals surface area contributed by atoms with E-state index in [1.807, 2.05) is 6.07 Å². The molecule has 4 nitrogen and oxygen atoms in total. The lowest BCUT2D eigenvalue weighted by molar-refractivity contribution is 0.608. The zero-order valence-electron chi connectivity index (χ0n) is 13.7. The van der Waals surface area contributed by atoms with E-state index < -0.39 is 0 Å². The maximum Gasteiger partial charge on any atom is 0.230 e. The molecular weight excluding hydrogens is 334 g/mol. The average molecular weight is 348 g/mol. The number of aromatic nitrogens is 3. The molecule has 0 radical (unpaired) electrons. The van der Waals surface area contributed by atoms with Crippen LogP contribution in [0.5, 0.6) is 0 Å². The van der Waals surface area contributed by atoms with E-state index in [4.69, 9.17) is 0 Å². The summed E-state index contributed by atoms with van der Waals surface area (Å²) in [5.41, 5.74) is 2.32. The molecule has 6 heteroatoms. The van der Waals surface area contributed by atoms with Crippen LogP contribution in [0.3, 0.4) is 0 Å². The molecule has 0 saturated heterocycles. The first-order valence-electron chi connectivity index (χ1n) is 8.05. The first-order chi connectivity index (χ1) is 12.7. The van der Waals surface area contributed by atoms with Gasteiger partial charge in [-0.3, -0.25) is 4.98 Å². The molecule has 0 N–H and O–H groups in total. The minimum absolute atomic E-state index is 0.169. The maximum absolute atomic E-state index is 14.2. The van der Waals surface area contributed by atoms with Gasteiger partial charge in [0.1, 0.15) is 17.2 Å². The Morgan fingerprint density at radius 2 is 1.73 bits per heavy atom. The topological polar surface area (TPSA) is 41.9 Å². The minimum Gasteiger partial charge on any atom is -0.306 e. The number of nitrogens with zero attached hydrogens (tertiary/aromatic N) is 4. The first-order valence-corrected chi connectivity index (χ1v) is 8.05. The average Bonchev–Trinajstić information content (AvgIpc) is 2.67. The number of benzene rings is 2. The molecule has 128 valence electrons. The Kier molecular flexibility index (Phi) is 4.23. The second-order valence-electron chi connectivity index (χ2n) is 5.74. The Labute approximate surface area is 148 Å². The molecule has 4 rings (SSSR count). The third-order valence-electron chi connectivity index (χ3n) is 3.99. The van der Waals surface area contributed by atoms with Crippen molar-refractivity contribution in [2.24, 2.45) is 0 Å². The molecule has 0 amide bonds. The van der Waals surface area contributed by atoms with Crippen LogP contribution in [0, 0.1) is 11.6 Å². The van der Waals surface area contributed by atoms with Crippen molar-refractivity contribution < 1.29 is 8.78 Å². The number of pyridine rings is 1. The largest absolute Gasteiger partial charge is 0.306 e. The van der Waals surface area contributed by atoms with E-state index in [-0.39, 0.29) is 18.2 Å². The Morgan fingerprint density at radius 1 is 0.846 bits per heavy atom. The van der Waals surface area contributed by atoms with Gasteiger partial charge >= 0.3 is 0 Å². The summed E-state index contributed by atoms with van der Waals surface area (Å²) >= 11 is 0. The molecule has 2 heterocycles. The predicted octanol–water partition coefficient (Wildman–Crippen LogP) is 4.64. The van der Waals surface area contributed by atoms with Crippen LogP contribution in [0.15, 0.2) is 73.1 Å². The summed E-state index contributed by atoms with van der Waals surface area (Å²) in [5, 5.41) is 0. The smallest absolute Gasteiger partial charge is 0.230 e. The second-order valence-corrected chi connectivity index (χ2v) is 5.74. The van der Waals surface area contributed by atoms with Crippen molar-refractivity contribution in [2.75, 3.05) is 4.90 Å². The van der Waals surface area contributed by atoms with E-state index in [1.165, 1.54) is 18.2 Å². The fourth-order valence-electron chi connectivity index (χ4n) is 2.71. The van der Waals surface area contributed by atoms with Gasteiger partial charge in [-0.1, -0.05) is 24.3 Å². The number of fused-ring (bicyclic) bond motifs is 1. The molecule has 0 saturated carbocycles. The number of hydrogen-bond acceptors (Lipinski definition) is 4. The van der Waals surface area contributed by atoms with Gasteiger partial charge in [0.15, 0.2) is 0 Å². The highest BCUT2D eigenvalue weighted by atomic mass is 19.1. The van der Waals surface area contributed by atoms with Gasteiger partial charge in [0.05, 0.1) is 18.3 Å². The fourth-order valence-corrected chi connectivity index (χ4v) is 2.71. The van der Waals surface area contributed by atoms with Gasteiger partial charge in [0.2, 0.25) is 5.95 Å². The van der Waals surface area contributed by atoms with E-state index in [9.17, 15) is 8.78 Å². The van der Waals surface area contributed by atoms with Crippen LogP contribution < -0.4 is 4.90 Å². The molecule has 26 heavy (non-hydrogen) atoms. The van der Waals surface area contributed by atoms with Gasteiger partial charge in [-0.15, -0.1) is 0 Å². The van der Waals surface area contributed by atoms with Crippen molar-refractivity contribution in [3.63, 3.8) is 0 Å². The summed E-state index contributed by atoms with van der Waals surface area (Å²) in [6.07, 6.45) is 3.26. The number of anilines is 2. The normalized spacial score (nSPS) is 10.8. The van der Waals surface area contributed by atoms with Gasteiger partial charge in [0, 0.05) is 17.4 Å². The van der Waals surface area contributed by atoms with Crippen LogP contribution in [-0.4, -0.2) is 15.0 Å². The fraction of sp³-hybridized carbons (Fsp3) is 0.0500. The Balaban J connectivity index is 1.82. The zero-order valence-corrected chi connectivity index (χ0v) is 13.7. The Bertz CT molecular complexity index is 1070. The Morgan fingerprint density at radius 3 is 2.58 bits per heavy atom. The summed E-state index contributed by atoms with van der Waals surface area (Å²) in [7, 11) is 0. The third kappa shape index (κ3) is 3.21. The van der Waals surface area contributed by atoms with Crippen LogP contribution in [0.25, 0.3) is 11.0 Å². The highest BCUT2D eigenvalue weighted by molar-refractivity contribution is 5.75. The summed E-state index contributed by atoms with van der Waals surface area (Å²) in [5.74, 6) is -0.376. The van der Waals surface area contributed by atoms with Crippen LogP contribution >= 0.6 is 0 Å². The summed E-state index contributed by atoms with van der Waals surface area (Å²) in [6, 6.07) is 16.1. The van der Waals surface area contributed by atoms with Crippen molar-refractivity contribution in [1.82, 2.24) is 15.0 Å². The van der Waals surface area contributed by atoms with Crippen molar-refractivity contribution >= 4 is 22.7 Å². The predicted molar refractivity (Wildman–Crippen MR) is 96.0 cm³/mol. The first kappa shape index (κ1) is 16.1. The van der Waals surface area contributed by atoms with Crippen molar-refractivity contribution in [3.05, 3.63) is 90.3 Å². The molecule has 0 aliphatic rings. The van der Waals surface area contributed by atoms with Crippen molar-refractivity contribution in [1.29, 1.82) is 0 Å². The lowest BCUT2D eigenvalue weighted by Crippen LogP contribution is -2.20. The molecular formula is C20H14F2N4. The molecule has 0 fully saturated rings. The number of rotatable bonds is 4.